The van der Waals surface area contributed by atoms with Gasteiger partial charge in [0.1, 0.15) is 5.75 Å². The highest BCUT2D eigenvalue weighted by Gasteiger charge is 2.20. The minimum Gasteiger partial charge on any atom is -0.496 e. The first-order valence-electron chi connectivity index (χ1n) is 8.76. The van der Waals surface area contributed by atoms with Crippen molar-refractivity contribution in [3.63, 3.8) is 0 Å². The van der Waals surface area contributed by atoms with Crippen LogP contribution >= 0.6 is 0 Å². The van der Waals surface area contributed by atoms with Crippen molar-refractivity contribution < 1.29 is 22.7 Å². The molecule has 0 aromatic heterocycles. The van der Waals surface area contributed by atoms with E-state index in [4.69, 9.17) is 9.47 Å². The van der Waals surface area contributed by atoms with Crippen LogP contribution in [0.15, 0.2) is 47.4 Å². The molecule has 28 heavy (non-hydrogen) atoms. The normalized spacial score (nSPS) is 11.3. The molecule has 0 fully saturated rings. The molecule has 7 nitrogen and oxygen atoms in total. The fourth-order valence-electron chi connectivity index (χ4n) is 2.73. The molecule has 2 aromatic carbocycles. The summed E-state index contributed by atoms with van der Waals surface area (Å²) < 4.78 is 37.5. The first-order valence-corrected chi connectivity index (χ1v) is 10.2. The van der Waals surface area contributed by atoms with Crippen molar-refractivity contribution in [1.29, 1.82) is 0 Å². The number of amides is 1. The Bertz CT molecular complexity index is 928. The quantitative estimate of drug-likeness (QED) is 0.646. The van der Waals surface area contributed by atoms with Crippen LogP contribution < -0.4 is 9.46 Å². The first-order chi connectivity index (χ1) is 13.3. The summed E-state index contributed by atoms with van der Waals surface area (Å²) in [5, 5.41) is 0. The van der Waals surface area contributed by atoms with Gasteiger partial charge in [-0.25, -0.2) is 13.1 Å². The van der Waals surface area contributed by atoms with Crippen LogP contribution in [0.5, 0.6) is 5.75 Å². The van der Waals surface area contributed by atoms with Crippen molar-refractivity contribution in [1.82, 2.24) is 9.62 Å². The number of rotatable bonds is 9. The van der Waals surface area contributed by atoms with E-state index in [2.05, 4.69) is 4.72 Å². The highest BCUT2D eigenvalue weighted by atomic mass is 32.2. The zero-order valence-corrected chi connectivity index (χ0v) is 17.4. The van der Waals surface area contributed by atoms with Gasteiger partial charge in [-0.15, -0.1) is 0 Å². The SMILES string of the molecule is COCCNS(=O)(=O)c1ccc(C)c(C(=O)N(C)Cc2ccccc2OC)c1. The van der Waals surface area contributed by atoms with Crippen LogP contribution in [0.25, 0.3) is 0 Å². The number of methoxy groups -OCH3 is 2. The van der Waals surface area contributed by atoms with E-state index in [1.54, 1.807) is 27.1 Å². The summed E-state index contributed by atoms with van der Waals surface area (Å²) in [6.45, 7) is 2.53. The van der Waals surface area contributed by atoms with E-state index in [0.29, 0.717) is 23.4 Å². The number of nitrogens with zero attached hydrogens (tertiary/aromatic N) is 1. The number of aryl methyl sites for hydroxylation is 1. The molecule has 0 aliphatic heterocycles. The Morgan fingerprint density at radius 2 is 1.86 bits per heavy atom. The molecule has 0 saturated carbocycles. The second-order valence-electron chi connectivity index (χ2n) is 6.34. The van der Waals surface area contributed by atoms with Gasteiger partial charge in [-0.1, -0.05) is 24.3 Å². The molecule has 0 heterocycles. The van der Waals surface area contributed by atoms with Gasteiger partial charge in [0.15, 0.2) is 0 Å². The van der Waals surface area contributed by atoms with Gasteiger partial charge in [0.05, 0.1) is 18.6 Å². The predicted octanol–water partition coefficient (Wildman–Crippen LogP) is 2.20. The molecule has 0 spiro atoms. The summed E-state index contributed by atoms with van der Waals surface area (Å²) in [5.74, 6) is 0.426. The molecule has 0 saturated heterocycles. The number of hydrogen-bond donors (Lipinski definition) is 1. The van der Waals surface area contributed by atoms with Crippen molar-refractivity contribution in [2.45, 2.75) is 18.4 Å². The van der Waals surface area contributed by atoms with Gasteiger partial charge in [-0.3, -0.25) is 4.79 Å². The van der Waals surface area contributed by atoms with Crippen molar-refractivity contribution in [2.24, 2.45) is 0 Å². The average Bonchev–Trinajstić information content (AvgIpc) is 2.68. The maximum absolute atomic E-state index is 13.0. The molecule has 1 amide bonds. The Hall–Kier alpha value is -2.42. The summed E-state index contributed by atoms with van der Waals surface area (Å²) in [6.07, 6.45) is 0. The third-order valence-electron chi connectivity index (χ3n) is 4.29. The van der Waals surface area contributed by atoms with Crippen LogP contribution in [0, 0.1) is 6.92 Å². The van der Waals surface area contributed by atoms with Gasteiger partial charge in [0.2, 0.25) is 10.0 Å². The zero-order valence-electron chi connectivity index (χ0n) is 16.6. The van der Waals surface area contributed by atoms with E-state index in [9.17, 15) is 13.2 Å². The van der Waals surface area contributed by atoms with Crippen LogP contribution in [0.1, 0.15) is 21.5 Å². The van der Waals surface area contributed by atoms with Gasteiger partial charge in [-0.2, -0.15) is 0 Å². The van der Waals surface area contributed by atoms with E-state index < -0.39 is 10.0 Å². The molecule has 0 unspecified atom stereocenters. The van der Waals surface area contributed by atoms with Crippen LogP contribution in [-0.2, 0) is 21.3 Å². The molecule has 0 bridgehead atoms. The van der Waals surface area contributed by atoms with E-state index in [1.807, 2.05) is 24.3 Å². The Morgan fingerprint density at radius 1 is 1.14 bits per heavy atom. The molecule has 0 atom stereocenters. The zero-order chi connectivity index (χ0) is 20.7. The summed E-state index contributed by atoms with van der Waals surface area (Å²) in [4.78, 5) is 14.5. The molecule has 2 rings (SSSR count). The minimum atomic E-state index is -3.72. The van der Waals surface area contributed by atoms with Gasteiger partial charge in [0, 0.05) is 38.4 Å². The maximum atomic E-state index is 13.0. The summed E-state index contributed by atoms with van der Waals surface area (Å²) in [6, 6.07) is 12.0. The van der Waals surface area contributed by atoms with Crippen LogP contribution in [0.2, 0.25) is 0 Å². The first kappa shape index (κ1) is 21.9. The third-order valence-corrected chi connectivity index (χ3v) is 5.75. The lowest BCUT2D eigenvalue weighted by molar-refractivity contribution is 0.0783. The number of sulfonamides is 1. The van der Waals surface area contributed by atoms with Crippen LogP contribution in [-0.4, -0.2) is 53.6 Å². The fraction of sp³-hybridized carbons (Fsp3) is 0.350. The van der Waals surface area contributed by atoms with Crippen molar-refractivity contribution in [3.8, 4) is 5.75 Å². The van der Waals surface area contributed by atoms with E-state index in [0.717, 1.165) is 5.56 Å². The number of hydrogen-bond acceptors (Lipinski definition) is 5. The summed E-state index contributed by atoms with van der Waals surface area (Å²) in [7, 11) is 1.03. The number of para-hydroxylation sites is 1. The van der Waals surface area contributed by atoms with Crippen LogP contribution in [0.4, 0.5) is 0 Å². The second kappa shape index (κ2) is 9.68. The van der Waals surface area contributed by atoms with E-state index in [1.165, 1.54) is 24.1 Å². The monoisotopic (exact) mass is 406 g/mol. The van der Waals surface area contributed by atoms with Crippen LogP contribution in [0.3, 0.4) is 0 Å². The van der Waals surface area contributed by atoms with Gasteiger partial charge in [0.25, 0.3) is 5.91 Å². The topological polar surface area (TPSA) is 84.9 Å². The Balaban J connectivity index is 2.25. The highest BCUT2D eigenvalue weighted by molar-refractivity contribution is 7.89. The van der Waals surface area contributed by atoms with Gasteiger partial charge in [-0.05, 0) is 30.7 Å². The number of nitrogens with one attached hydrogen (secondary N) is 1. The predicted molar refractivity (Wildman–Crippen MR) is 107 cm³/mol. The largest absolute Gasteiger partial charge is 0.496 e. The fourth-order valence-corrected chi connectivity index (χ4v) is 3.77. The Morgan fingerprint density at radius 3 is 2.54 bits per heavy atom. The third kappa shape index (κ3) is 5.31. The lowest BCUT2D eigenvalue weighted by atomic mass is 10.1. The van der Waals surface area contributed by atoms with Crippen molar-refractivity contribution in [3.05, 3.63) is 59.2 Å². The Kier molecular flexibility index (Phi) is 7.56. The number of benzene rings is 2. The van der Waals surface area contributed by atoms with Gasteiger partial charge >= 0.3 is 0 Å². The maximum Gasteiger partial charge on any atom is 0.254 e. The van der Waals surface area contributed by atoms with E-state index in [-0.39, 0.29) is 24.0 Å². The lowest BCUT2D eigenvalue weighted by Crippen LogP contribution is -2.29. The second-order valence-corrected chi connectivity index (χ2v) is 8.11. The summed E-state index contributed by atoms with van der Waals surface area (Å²) in [5.41, 5.74) is 1.91. The smallest absolute Gasteiger partial charge is 0.254 e. The average molecular weight is 407 g/mol. The standard InChI is InChI=1S/C20H26N2O5S/c1-15-9-10-17(28(24,25)21-11-12-26-3)13-18(15)20(23)22(2)14-16-7-5-6-8-19(16)27-4/h5-10,13,21H,11-12,14H2,1-4H3. The van der Waals surface area contributed by atoms with E-state index >= 15 is 0 Å². The van der Waals surface area contributed by atoms with Crippen molar-refractivity contribution in [2.75, 3.05) is 34.4 Å². The molecule has 2 aromatic rings. The minimum absolute atomic E-state index is 0.0447. The summed E-state index contributed by atoms with van der Waals surface area (Å²) >= 11 is 0. The molecular weight excluding hydrogens is 380 g/mol. The number of ether oxygens (including phenoxy) is 2. The Labute approximate surface area is 166 Å². The molecule has 0 radical (unpaired) electrons. The molecule has 8 heteroatoms. The molecule has 0 aliphatic carbocycles. The number of carbonyl (C=O) groups is 1. The molecule has 0 aliphatic rings. The van der Waals surface area contributed by atoms with Gasteiger partial charge < -0.3 is 14.4 Å². The molecular formula is C20H26N2O5S. The lowest BCUT2D eigenvalue weighted by Gasteiger charge is -2.20. The number of carbonyl (C=O) groups excluding carboxylic acids is 1. The highest BCUT2D eigenvalue weighted by Crippen LogP contribution is 2.21. The molecule has 152 valence electrons. The molecule has 1 N–H and O–H groups in total. The van der Waals surface area contributed by atoms with Crippen molar-refractivity contribution >= 4 is 15.9 Å².